The Bertz CT molecular complexity index is 646. The van der Waals surface area contributed by atoms with E-state index in [1.807, 2.05) is 5.32 Å². The molecule has 1 aromatic rings. The van der Waals surface area contributed by atoms with E-state index in [9.17, 15) is 18.8 Å². The molecule has 6 nitrogen and oxygen atoms in total. The van der Waals surface area contributed by atoms with Gasteiger partial charge >= 0.3 is 12.0 Å². The van der Waals surface area contributed by atoms with Gasteiger partial charge in [0.05, 0.1) is 5.02 Å². The van der Waals surface area contributed by atoms with E-state index in [4.69, 9.17) is 22.1 Å². The summed E-state index contributed by atoms with van der Waals surface area (Å²) in [5.74, 6) is -2.55. The van der Waals surface area contributed by atoms with Crippen LogP contribution in [0.3, 0.4) is 0 Å². The largest absolute Gasteiger partial charge is 0.449 e. The summed E-state index contributed by atoms with van der Waals surface area (Å²) in [6, 6.07) is 2.88. The van der Waals surface area contributed by atoms with Crippen molar-refractivity contribution in [2.45, 2.75) is 20.0 Å². The van der Waals surface area contributed by atoms with E-state index in [1.54, 1.807) is 13.8 Å². The predicted octanol–water partition coefficient (Wildman–Crippen LogP) is 2.25. The highest BCUT2D eigenvalue weighted by Crippen LogP contribution is 2.17. The number of primary amides is 1. The summed E-state index contributed by atoms with van der Waals surface area (Å²) in [4.78, 5) is 34.2. The fourth-order valence-corrected chi connectivity index (χ4v) is 1.82. The summed E-state index contributed by atoms with van der Waals surface area (Å²) in [5, 5.41) is 1.77. The Morgan fingerprint density at radius 2 is 2.00 bits per heavy atom. The van der Waals surface area contributed by atoms with Gasteiger partial charge in [-0.05, 0) is 29.7 Å². The van der Waals surface area contributed by atoms with Crippen LogP contribution in [0.25, 0.3) is 6.08 Å². The van der Waals surface area contributed by atoms with E-state index in [0.717, 1.165) is 12.1 Å². The highest BCUT2D eigenvalue weighted by molar-refractivity contribution is 6.30. The molecule has 8 heteroatoms. The topological polar surface area (TPSA) is 98.5 Å². The van der Waals surface area contributed by atoms with Crippen LogP contribution in [0.1, 0.15) is 19.4 Å². The second kappa shape index (κ2) is 8.28. The van der Waals surface area contributed by atoms with Gasteiger partial charge in [-0.3, -0.25) is 10.1 Å². The van der Waals surface area contributed by atoms with Crippen LogP contribution in [0, 0.1) is 11.7 Å². The van der Waals surface area contributed by atoms with Gasteiger partial charge in [-0.25, -0.2) is 14.0 Å². The molecule has 0 saturated heterocycles. The second-order valence-corrected chi connectivity index (χ2v) is 5.37. The maximum Gasteiger partial charge on any atom is 0.331 e. The molecule has 0 heterocycles. The average molecular weight is 343 g/mol. The van der Waals surface area contributed by atoms with Crippen molar-refractivity contribution in [1.82, 2.24) is 5.32 Å². The number of halogens is 2. The Morgan fingerprint density at radius 1 is 1.35 bits per heavy atom. The monoisotopic (exact) mass is 342 g/mol. The lowest BCUT2D eigenvalue weighted by molar-refractivity contribution is -0.153. The van der Waals surface area contributed by atoms with E-state index >= 15 is 0 Å². The molecule has 0 aliphatic rings. The van der Waals surface area contributed by atoms with Crippen molar-refractivity contribution in [3.63, 3.8) is 0 Å². The van der Waals surface area contributed by atoms with Gasteiger partial charge in [0, 0.05) is 6.08 Å². The summed E-state index contributed by atoms with van der Waals surface area (Å²) in [7, 11) is 0. The van der Waals surface area contributed by atoms with Crippen LogP contribution in [-0.4, -0.2) is 24.0 Å². The Hall–Kier alpha value is -2.41. The summed E-state index contributed by atoms with van der Waals surface area (Å²) in [6.07, 6.45) is 1.25. The molecule has 0 aliphatic heterocycles. The molecule has 0 bridgehead atoms. The SMILES string of the molecule is CC(C)[C@H](OC(=O)/C=C/c1ccc(F)c(Cl)c1)C(=O)NC(N)=O. The van der Waals surface area contributed by atoms with Gasteiger partial charge < -0.3 is 10.5 Å². The molecule has 0 unspecified atom stereocenters. The number of hydrogen-bond acceptors (Lipinski definition) is 4. The zero-order valence-electron chi connectivity index (χ0n) is 12.5. The number of esters is 1. The molecule has 1 atom stereocenters. The number of nitrogens with one attached hydrogen (secondary N) is 1. The molecule has 0 fully saturated rings. The van der Waals surface area contributed by atoms with E-state index in [1.165, 1.54) is 18.2 Å². The molecule has 0 saturated carbocycles. The van der Waals surface area contributed by atoms with Crippen molar-refractivity contribution in [3.8, 4) is 0 Å². The third kappa shape index (κ3) is 6.07. The summed E-state index contributed by atoms with van der Waals surface area (Å²) in [5.41, 5.74) is 5.34. The molecule has 0 aromatic heterocycles. The van der Waals surface area contributed by atoms with Crippen molar-refractivity contribution >= 4 is 35.6 Å². The number of carbonyl (C=O) groups is 3. The van der Waals surface area contributed by atoms with Crippen LogP contribution in [-0.2, 0) is 14.3 Å². The lowest BCUT2D eigenvalue weighted by Gasteiger charge is -2.18. The molecule has 0 radical (unpaired) electrons. The van der Waals surface area contributed by atoms with Gasteiger partial charge in [-0.1, -0.05) is 31.5 Å². The normalized spacial score (nSPS) is 12.2. The number of imide groups is 1. The fraction of sp³-hybridized carbons (Fsp3) is 0.267. The van der Waals surface area contributed by atoms with Gasteiger partial charge in [0.25, 0.3) is 5.91 Å². The molecule has 1 rings (SSSR count). The third-order valence-corrected chi connectivity index (χ3v) is 3.00. The minimum atomic E-state index is -1.17. The lowest BCUT2D eigenvalue weighted by Crippen LogP contribution is -2.45. The molecule has 0 aliphatic carbocycles. The van der Waals surface area contributed by atoms with Crippen LogP contribution in [0.5, 0.6) is 0 Å². The standard InChI is InChI=1S/C15H16ClFN2O4/c1-8(2)13(14(21)19-15(18)22)23-12(20)6-4-9-3-5-11(17)10(16)7-9/h3-8,13H,1-2H3,(H3,18,19,21,22)/b6-4+/t13-/m0/s1. The van der Waals surface area contributed by atoms with Crippen LogP contribution in [0.15, 0.2) is 24.3 Å². The Morgan fingerprint density at radius 3 is 2.52 bits per heavy atom. The molecular formula is C15H16ClFN2O4. The molecule has 1 aromatic carbocycles. The quantitative estimate of drug-likeness (QED) is 0.633. The third-order valence-electron chi connectivity index (χ3n) is 2.71. The lowest BCUT2D eigenvalue weighted by atomic mass is 10.1. The number of carbonyl (C=O) groups excluding carboxylic acids is 3. The molecule has 124 valence electrons. The highest BCUT2D eigenvalue weighted by atomic mass is 35.5. The number of hydrogen-bond donors (Lipinski definition) is 2. The highest BCUT2D eigenvalue weighted by Gasteiger charge is 2.26. The first kappa shape index (κ1) is 18.6. The number of benzene rings is 1. The molecule has 3 N–H and O–H groups in total. The van der Waals surface area contributed by atoms with Crippen LogP contribution >= 0.6 is 11.6 Å². The van der Waals surface area contributed by atoms with Crippen molar-refractivity contribution in [3.05, 3.63) is 40.7 Å². The first-order valence-electron chi connectivity index (χ1n) is 6.64. The molecular weight excluding hydrogens is 327 g/mol. The van der Waals surface area contributed by atoms with Gasteiger partial charge in [-0.2, -0.15) is 0 Å². The summed E-state index contributed by atoms with van der Waals surface area (Å²) >= 11 is 5.62. The van der Waals surface area contributed by atoms with Gasteiger partial charge in [0.2, 0.25) is 0 Å². The van der Waals surface area contributed by atoms with Crippen molar-refractivity contribution in [1.29, 1.82) is 0 Å². The van der Waals surface area contributed by atoms with Crippen LogP contribution in [0.2, 0.25) is 5.02 Å². The number of amides is 3. The Balaban J connectivity index is 2.75. The van der Waals surface area contributed by atoms with Gasteiger partial charge in [0.1, 0.15) is 5.82 Å². The average Bonchev–Trinajstić information content (AvgIpc) is 2.44. The number of rotatable bonds is 5. The van der Waals surface area contributed by atoms with Gasteiger partial charge in [-0.15, -0.1) is 0 Å². The Labute approximate surface area is 137 Å². The number of urea groups is 1. The number of ether oxygens (including phenoxy) is 1. The van der Waals surface area contributed by atoms with Crippen LogP contribution < -0.4 is 11.1 Å². The van der Waals surface area contributed by atoms with Crippen molar-refractivity contribution < 1.29 is 23.5 Å². The van der Waals surface area contributed by atoms with E-state index in [0.29, 0.717) is 5.56 Å². The number of nitrogens with two attached hydrogens (primary N) is 1. The fourth-order valence-electron chi connectivity index (χ4n) is 1.63. The van der Waals surface area contributed by atoms with Gasteiger partial charge in [0.15, 0.2) is 6.10 Å². The van der Waals surface area contributed by atoms with Crippen molar-refractivity contribution in [2.75, 3.05) is 0 Å². The first-order valence-corrected chi connectivity index (χ1v) is 7.02. The van der Waals surface area contributed by atoms with E-state index in [-0.39, 0.29) is 10.9 Å². The maximum absolute atomic E-state index is 13.0. The van der Waals surface area contributed by atoms with E-state index < -0.39 is 29.8 Å². The minimum absolute atomic E-state index is 0.0820. The van der Waals surface area contributed by atoms with E-state index in [2.05, 4.69) is 0 Å². The van der Waals surface area contributed by atoms with Crippen molar-refractivity contribution in [2.24, 2.45) is 11.7 Å². The smallest absolute Gasteiger partial charge is 0.331 e. The zero-order valence-corrected chi connectivity index (χ0v) is 13.3. The Kier molecular flexibility index (Phi) is 6.71. The summed E-state index contributed by atoms with van der Waals surface area (Å²) < 4.78 is 18.0. The maximum atomic E-state index is 13.0. The minimum Gasteiger partial charge on any atom is -0.449 e. The predicted molar refractivity (Wildman–Crippen MR) is 82.9 cm³/mol. The molecule has 3 amide bonds. The molecule has 23 heavy (non-hydrogen) atoms. The zero-order chi connectivity index (χ0) is 17.6. The molecule has 0 spiro atoms. The second-order valence-electron chi connectivity index (χ2n) is 4.96. The first-order chi connectivity index (χ1) is 10.7. The van der Waals surface area contributed by atoms with Crippen LogP contribution in [0.4, 0.5) is 9.18 Å². The summed E-state index contributed by atoms with van der Waals surface area (Å²) in [6.45, 7) is 3.28.